The zero-order valence-corrected chi connectivity index (χ0v) is 17.7. The molecule has 0 radical (unpaired) electrons. The Morgan fingerprint density at radius 3 is 2.74 bits per heavy atom. The molecule has 0 atom stereocenters. The molecule has 156 valence electrons. The fourth-order valence-corrected chi connectivity index (χ4v) is 3.88. The van der Waals surface area contributed by atoms with Crippen molar-refractivity contribution in [2.75, 3.05) is 13.2 Å². The summed E-state index contributed by atoms with van der Waals surface area (Å²) in [5.74, 6) is -0.997. The van der Waals surface area contributed by atoms with E-state index in [4.69, 9.17) is 9.72 Å². The van der Waals surface area contributed by atoms with Crippen molar-refractivity contribution >= 4 is 34.2 Å². The predicted molar refractivity (Wildman–Crippen MR) is 120 cm³/mol. The average Bonchev–Trinajstić information content (AvgIpc) is 3.44. The van der Waals surface area contributed by atoms with Gasteiger partial charge in [-0.15, -0.1) is 17.9 Å². The molecule has 0 saturated heterocycles. The molecule has 1 amide bonds. The number of nitrogens with one attached hydrogen (secondary N) is 1. The Morgan fingerprint density at radius 2 is 2.03 bits per heavy atom. The summed E-state index contributed by atoms with van der Waals surface area (Å²) < 4.78 is 7.01. The normalized spacial score (nSPS) is 10.7. The smallest absolute Gasteiger partial charge is 0.339 e. The van der Waals surface area contributed by atoms with Crippen LogP contribution in [0.15, 0.2) is 66.6 Å². The highest BCUT2D eigenvalue weighted by molar-refractivity contribution is 7.13. The number of carbonyl (C=O) groups excluding carboxylic acids is 2. The molecule has 4 aromatic rings. The molecule has 0 fully saturated rings. The minimum atomic E-state index is -0.602. The molecule has 0 unspecified atom stereocenters. The Morgan fingerprint density at radius 1 is 1.23 bits per heavy atom. The zero-order chi connectivity index (χ0) is 21.8. The van der Waals surface area contributed by atoms with Crippen molar-refractivity contribution in [3.63, 3.8) is 0 Å². The highest BCUT2D eigenvalue weighted by atomic mass is 32.1. The van der Waals surface area contributed by atoms with Gasteiger partial charge in [0.2, 0.25) is 0 Å². The van der Waals surface area contributed by atoms with Gasteiger partial charge in [0, 0.05) is 6.54 Å². The molecule has 3 heterocycles. The van der Waals surface area contributed by atoms with Gasteiger partial charge in [0.15, 0.2) is 12.3 Å². The van der Waals surface area contributed by atoms with Crippen molar-refractivity contribution in [2.45, 2.75) is 6.92 Å². The van der Waals surface area contributed by atoms with Crippen LogP contribution in [-0.4, -0.2) is 39.8 Å². The number of benzene rings is 1. The first-order valence-corrected chi connectivity index (χ1v) is 10.5. The van der Waals surface area contributed by atoms with E-state index >= 15 is 0 Å². The second-order valence-electron chi connectivity index (χ2n) is 6.73. The Labute approximate surface area is 183 Å². The van der Waals surface area contributed by atoms with Gasteiger partial charge in [0.1, 0.15) is 0 Å². The molecule has 4 rings (SSSR count). The minimum Gasteiger partial charge on any atom is -0.452 e. The van der Waals surface area contributed by atoms with Gasteiger partial charge >= 0.3 is 5.97 Å². The van der Waals surface area contributed by atoms with Crippen LogP contribution in [0.2, 0.25) is 0 Å². The maximum atomic E-state index is 13.0. The Bertz CT molecular complexity index is 1250. The number of amides is 1. The maximum absolute atomic E-state index is 13.0. The molecule has 1 N–H and O–H groups in total. The van der Waals surface area contributed by atoms with Gasteiger partial charge in [0.25, 0.3) is 5.91 Å². The number of fused-ring (bicyclic) bond motifs is 1. The van der Waals surface area contributed by atoms with Crippen LogP contribution >= 0.6 is 11.3 Å². The summed E-state index contributed by atoms with van der Waals surface area (Å²) >= 11 is 1.52. The lowest BCUT2D eigenvalue weighted by molar-refractivity contribution is -0.124. The van der Waals surface area contributed by atoms with Crippen LogP contribution in [-0.2, 0) is 9.53 Å². The second-order valence-corrected chi connectivity index (χ2v) is 7.68. The Kier molecular flexibility index (Phi) is 5.90. The van der Waals surface area contributed by atoms with Gasteiger partial charge in [-0.1, -0.05) is 30.3 Å². The summed E-state index contributed by atoms with van der Waals surface area (Å²) in [6, 6.07) is 15.2. The third kappa shape index (κ3) is 4.24. The topological polar surface area (TPSA) is 86.1 Å². The van der Waals surface area contributed by atoms with E-state index in [2.05, 4.69) is 17.0 Å². The zero-order valence-electron chi connectivity index (χ0n) is 16.9. The number of aryl methyl sites for hydroxylation is 1. The number of pyridine rings is 1. The van der Waals surface area contributed by atoms with Gasteiger partial charge in [-0.25, -0.2) is 14.5 Å². The van der Waals surface area contributed by atoms with Crippen molar-refractivity contribution in [1.29, 1.82) is 0 Å². The lowest BCUT2D eigenvalue weighted by Crippen LogP contribution is -2.28. The molecule has 0 bridgehead atoms. The number of carbonyl (C=O) groups is 2. The lowest BCUT2D eigenvalue weighted by Gasteiger charge is -2.09. The van der Waals surface area contributed by atoms with E-state index in [0.29, 0.717) is 34.5 Å². The van der Waals surface area contributed by atoms with Crippen LogP contribution < -0.4 is 5.32 Å². The predicted octanol–water partition coefficient (Wildman–Crippen LogP) is 3.92. The molecule has 0 aliphatic heterocycles. The molecule has 1 aromatic carbocycles. The van der Waals surface area contributed by atoms with E-state index in [9.17, 15) is 9.59 Å². The number of thiophene rings is 1. The van der Waals surface area contributed by atoms with E-state index in [1.165, 1.54) is 11.3 Å². The molecular weight excluding hydrogens is 412 g/mol. The number of esters is 1. The van der Waals surface area contributed by atoms with Gasteiger partial charge in [0.05, 0.1) is 32.9 Å². The molecule has 0 aliphatic carbocycles. The van der Waals surface area contributed by atoms with Crippen molar-refractivity contribution in [3.8, 4) is 16.3 Å². The van der Waals surface area contributed by atoms with E-state index in [0.717, 1.165) is 10.6 Å². The number of aromatic nitrogens is 3. The molecule has 7 nitrogen and oxygen atoms in total. The molecule has 0 spiro atoms. The van der Waals surface area contributed by atoms with Crippen LogP contribution in [0.5, 0.6) is 0 Å². The summed E-state index contributed by atoms with van der Waals surface area (Å²) in [6.45, 7) is 5.29. The molecular formula is C23H20N4O3S. The largest absolute Gasteiger partial charge is 0.452 e. The van der Waals surface area contributed by atoms with E-state index in [1.807, 2.05) is 54.8 Å². The first kappa shape index (κ1) is 20.5. The lowest BCUT2D eigenvalue weighted by atomic mass is 10.1. The monoisotopic (exact) mass is 432 g/mol. The maximum Gasteiger partial charge on any atom is 0.339 e. The van der Waals surface area contributed by atoms with Gasteiger partial charge in [-0.3, -0.25) is 4.79 Å². The number of hydrogen-bond donors (Lipinski definition) is 1. The van der Waals surface area contributed by atoms with E-state index in [1.54, 1.807) is 16.8 Å². The highest BCUT2D eigenvalue weighted by Crippen LogP contribution is 2.31. The number of hydrogen-bond acceptors (Lipinski definition) is 6. The minimum absolute atomic E-state index is 0.307. The SMILES string of the molecule is C=CCNC(=O)COC(=O)c1cc(-c2cccs2)nc2c1c(C)nn2-c1ccccc1. The van der Waals surface area contributed by atoms with Crippen molar-refractivity contribution < 1.29 is 14.3 Å². The standard InChI is InChI=1S/C23H20N4O3S/c1-3-11-24-20(28)14-30-23(29)17-13-18(19-10-7-12-31-19)25-22-21(17)15(2)26-27(22)16-8-5-4-6-9-16/h3-10,12-13H,1,11,14H2,2H3,(H,24,28). The van der Waals surface area contributed by atoms with Gasteiger partial charge < -0.3 is 10.1 Å². The molecule has 0 aliphatic rings. The fraction of sp³-hybridized carbons (Fsp3) is 0.130. The third-order valence-electron chi connectivity index (χ3n) is 4.59. The molecule has 31 heavy (non-hydrogen) atoms. The highest BCUT2D eigenvalue weighted by Gasteiger charge is 2.22. The number of nitrogens with zero attached hydrogens (tertiary/aromatic N) is 3. The quantitative estimate of drug-likeness (QED) is 0.353. The number of rotatable bonds is 7. The summed E-state index contributed by atoms with van der Waals surface area (Å²) in [5.41, 5.74) is 3.00. The van der Waals surface area contributed by atoms with Crippen LogP contribution in [0.1, 0.15) is 16.1 Å². The van der Waals surface area contributed by atoms with Crippen LogP contribution in [0, 0.1) is 6.92 Å². The summed E-state index contributed by atoms with van der Waals surface area (Å²) in [5, 5.41) is 9.75. The van der Waals surface area contributed by atoms with E-state index in [-0.39, 0.29) is 6.61 Å². The van der Waals surface area contributed by atoms with Crippen LogP contribution in [0.3, 0.4) is 0 Å². The van der Waals surface area contributed by atoms with Crippen LogP contribution in [0.4, 0.5) is 0 Å². The molecule has 8 heteroatoms. The molecule has 3 aromatic heterocycles. The summed E-state index contributed by atoms with van der Waals surface area (Å²) in [6.07, 6.45) is 1.56. The third-order valence-corrected chi connectivity index (χ3v) is 5.48. The van der Waals surface area contributed by atoms with Crippen molar-refractivity contribution in [1.82, 2.24) is 20.1 Å². The van der Waals surface area contributed by atoms with Crippen molar-refractivity contribution in [3.05, 3.63) is 77.8 Å². The Hall–Kier alpha value is -3.78. The first-order valence-electron chi connectivity index (χ1n) is 9.63. The summed E-state index contributed by atoms with van der Waals surface area (Å²) in [4.78, 5) is 30.5. The average molecular weight is 433 g/mol. The first-order chi connectivity index (χ1) is 15.1. The van der Waals surface area contributed by atoms with Gasteiger partial charge in [-0.05, 0) is 36.6 Å². The van der Waals surface area contributed by atoms with Crippen molar-refractivity contribution in [2.24, 2.45) is 0 Å². The Balaban J connectivity index is 1.80. The van der Waals surface area contributed by atoms with Gasteiger partial charge in [-0.2, -0.15) is 5.10 Å². The van der Waals surface area contributed by atoms with Crippen LogP contribution in [0.25, 0.3) is 27.3 Å². The molecule has 0 saturated carbocycles. The number of ether oxygens (including phenoxy) is 1. The number of para-hydroxylation sites is 1. The second kappa shape index (κ2) is 8.93. The van der Waals surface area contributed by atoms with E-state index < -0.39 is 11.9 Å². The summed E-state index contributed by atoms with van der Waals surface area (Å²) in [7, 11) is 0. The fourth-order valence-electron chi connectivity index (χ4n) is 3.20.